The number of rotatable bonds is 4. The smallest absolute Gasteiger partial charge is 0.283 e. The summed E-state index contributed by atoms with van der Waals surface area (Å²) >= 11 is 6.64. The van der Waals surface area contributed by atoms with Crippen LogP contribution in [0.2, 0.25) is 5.15 Å². The van der Waals surface area contributed by atoms with Gasteiger partial charge in [-0.15, -0.1) is 0 Å². The molecule has 156 valence electrons. The van der Waals surface area contributed by atoms with Gasteiger partial charge in [-0.25, -0.2) is 0 Å². The SMILES string of the molecule is COc1ccc(-c2c(Cl)[nH]c3c(C4=CCCCC4)c(-c4ccccc4)nn3c2=O)cc1. The van der Waals surface area contributed by atoms with Crippen LogP contribution in [0.3, 0.4) is 0 Å². The van der Waals surface area contributed by atoms with Gasteiger partial charge in [0.25, 0.3) is 5.56 Å². The first-order valence-electron chi connectivity index (χ1n) is 10.4. The number of hydrogen-bond donors (Lipinski definition) is 1. The van der Waals surface area contributed by atoms with Gasteiger partial charge in [-0.3, -0.25) is 4.79 Å². The molecule has 0 bridgehead atoms. The van der Waals surface area contributed by atoms with Crippen LogP contribution >= 0.6 is 11.6 Å². The minimum absolute atomic E-state index is 0.247. The molecule has 5 rings (SSSR count). The van der Waals surface area contributed by atoms with Gasteiger partial charge in [-0.05, 0) is 49.0 Å². The van der Waals surface area contributed by atoms with Crippen molar-refractivity contribution in [2.75, 3.05) is 7.11 Å². The molecule has 0 amide bonds. The Labute approximate surface area is 185 Å². The van der Waals surface area contributed by atoms with E-state index in [1.54, 1.807) is 7.11 Å². The summed E-state index contributed by atoms with van der Waals surface area (Å²) in [6, 6.07) is 17.3. The second-order valence-electron chi connectivity index (χ2n) is 7.67. The Bertz CT molecular complexity index is 1340. The van der Waals surface area contributed by atoms with Crippen LogP contribution in [-0.2, 0) is 0 Å². The molecule has 2 aromatic heterocycles. The molecule has 1 aliphatic carbocycles. The fourth-order valence-electron chi connectivity index (χ4n) is 4.22. The molecule has 31 heavy (non-hydrogen) atoms. The summed E-state index contributed by atoms with van der Waals surface area (Å²) in [5.41, 5.74) is 5.44. The second-order valence-corrected chi connectivity index (χ2v) is 8.05. The summed E-state index contributed by atoms with van der Waals surface area (Å²) in [6.45, 7) is 0. The van der Waals surface area contributed by atoms with Crippen LogP contribution in [0.4, 0.5) is 0 Å². The Morgan fingerprint density at radius 3 is 2.45 bits per heavy atom. The zero-order valence-corrected chi connectivity index (χ0v) is 17.9. The molecule has 4 aromatic rings. The lowest BCUT2D eigenvalue weighted by Crippen LogP contribution is -2.18. The molecule has 0 saturated heterocycles. The van der Waals surface area contributed by atoms with Gasteiger partial charge >= 0.3 is 0 Å². The van der Waals surface area contributed by atoms with E-state index in [9.17, 15) is 4.79 Å². The van der Waals surface area contributed by atoms with Gasteiger partial charge in [-0.1, -0.05) is 60.1 Å². The van der Waals surface area contributed by atoms with Crippen LogP contribution in [0.15, 0.2) is 65.5 Å². The minimum Gasteiger partial charge on any atom is -0.497 e. The summed E-state index contributed by atoms with van der Waals surface area (Å²) < 4.78 is 6.69. The van der Waals surface area contributed by atoms with Crippen molar-refractivity contribution in [3.8, 4) is 28.1 Å². The highest BCUT2D eigenvalue weighted by Gasteiger charge is 2.23. The number of aromatic nitrogens is 3. The molecule has 0 aliphatic heterocycles. The van der Waals surface area contributed by atoms with E-state index in [-0.39, 0.29) is 5.56 Å². The Balaban J connectivity index is 1.78. The van der Waals surface area contributed by atoms with E-state index < -0.39 is 0 Å². The monoisotopic (exact) mass is 431 g/mol. The van der Waals surface area contributed by atoms with Gasteiger partial charge < -0.3 is 9.72 Å². The third kappa shape index (κ3) is 3.45. The lowest BCUT2D eigenvalue weighted by Gasteiger charge is -2.14. The molecule has 1 N–H and O–H groups in total. The standard InChI is InChI=1S/C25H22ClN3O2/c1-31-19-14-12-17(13-15-19)21-23(26)27-24-20(16-8-4-2-5-9-16)22(28-29(24)25(21)30)18-10-6-3-7-11-18/h3,6-8,10-15,27H,2,4-5,9H2,1H3. The van der Waals surface area contributed by atoms with Crippen molar-refractivity contribution in [2.45, 2.75) is 25.7 Å². The van der Waals surface area contributed by atoms with E-state index in [0.717, 1.165) is 36.1 Å². The number of halogens is 1. The van der Waals surface area contributed by atoms with E-state index in [4.69, 9.17) is 21.4 Å². The molecule has 5 nitrogen and oxygen atoms in total. The molecular weight excluding hydrogens is 410 g/mol. The Morgan fingerprint density at radius 2 is 1.77 bits per heavy atom. The van der Waals surface area contributed by atoms with Crippen LogP contribution in [-0.4, -0.2) is 21.7 Å². The molecule has 0 atom stereocenters. The fourth-order valence-corrected chi connectivity index (χ4v) is 4.50. The Morgan fingerprint density at radius 1 is 1.00 bits per heavy atom. The summed E-state index contributed by atoms with van der Waals surface area (Å²) in [7, 11) is 1.61. The molecule has 0 unspecified atom stereocenters. The first-order chi connectivity index (χ1) is 15.2. The van der Waals surface area contributed by atoms with E-state index in [1.165, 1.54) is 16.5 Å². The summed E-state index contributed by atoms with van der Waals surface area (Å²) in [5.74, 6) is 0.717. The molecule has 6 heteroatoms. The lowest BCUT2D eigenvalue weighted by atomic mass is 9.92. The van der Waals surface area contributed by atoms with Crippen molar-refractivity contribution in [3.05, 3.63) is 81.7 Å². The molecule has 2 heterocycles. The first-order valence-corrected chi connectivity index (χ1v) is 10.8. The van der Waals surface area contributed by atoms with Gasteiger partial charge in [-0.2, -0.15) is 9.61 Å². The zero-order chi connectivity index (χ0) is 21.4. The van der Waals surface area contributed by atoms with Gasteiger partial charge in [0.15, 0.2) is 0 Å². The van der Waals surface area contributed by atoms with Crippen molar-refractivity contribution < 1.29 is 4.74 Å². The Hall–Kier alpha value is -3.31. The van der Waals surface area contributed by atoms with Crippen LogP contribution in [0, 0.1) is 0 Å². The van der Waals surface area contributed by atoms with Crippen molar-refractivity contribution in [1.82, 2.24) is 14.6 Å². The average Bonchev–Trinajstić information content (AvgIpc) is 3.20. The average molecular weight is 432 g/mol. The van der Waals surface area contributed by atoms with Crippen LogP contribution in [0.1, 0.15) is 31.2 Å². The van der Waals surface area contributed by atoms with E-state index in [2.05, 4.69) is 11.1 Å². The predicted molar refractivity (Wildman–Crippen MR) is 125 cm³/mol. The number of allylic oxidation sites excluding steroid dienone is 2. The number of methoxy groups -OCH3 is 1. The second kappa shape index (κ2) is 8.08. The number of nitrogens with zero attached hydrogens (tertiary/aromatic N) is 2. The maximum absolute atomic E-state index is 13.5. The molecular formula is C25H22ClN3O2. The third-order valence-electron chi connectivity index (χ3n) is 5.78. The van der Waals surface area contributed by atoms with Gasteiger partial charge in [0, 0.05) is 11.1 Å². The highest BCUT2D eigenvalue weighted by Crippen LogP contribution is 2.37. The van der Waals surface area contributed by atoms with Gasteiger partial charge in [0.1, 0.15) is 22.2 Å². The predicted octanol–water partition coefficient (Wildman–Crippen LogP) is 5.98. The number of ether oxygens (including phenoxy) is 1. The van der Waals surface area contributed by atoms with Crippen molar-refractivity contribution in [3.63, 3.8) is 0 Å². The highest BCUT2D eigenvalue weighted by atomic mass is 35.5. The number of fused-ring (bicyclic) bond motifs is 1. The normalized spacial score (nSPS) is 13.9. The number of hydrogen-bond acceptors (Lipinski definition) is 3. The molecule has 0 saturated carbocycles. The van der Waals surface area contributed by atoms with E-state index in [1.807, 2.05) is 54.6 Å². The topological polar surface area (TPSA) is 59.4 Å². The van der Waals surface area contributed by atoms with E-state index >= 15 is 0 Å². The lowest BCUT2D eigenvalue weighted by molar-refractivity contribution is 0.415. The van der Waals surface area contributed by atoms with Crippen molar-refractivity contribution >= 4 is 22.8 Å². The number of nitrogens with one attached hydrogen (secondary N) is 1. The third-order valence-corrected chi connectivity index (χ3v) is 6.06. The summed E-state index contributed by atoms with van der Waals surface area (Å²) in [5, 5.41) is 5.07. The largest absolute Gasteiger partial charge is 0.497 e. The molecule has 0 spiro atoms. The molecule has 2 aromatic carbocycles. The highest BCUT2D eigenvalue weighted by molar-refractivity contribution is 6.32. The van der Waals surface area contributed by atoms with Crippen molar-refractivity contribution in [2.24, 2.45) is 0 Å². The minimum atomic E-state index is -0.247. The number of benzene rings is 2. The summed E-state index contributed by atoms with van der Waals surface area (Å²) in [4.78, 5) is 16.8. The van der Waals surface area contributed by atoms with Crippen molar-refractivity contribution in [1.29, 1.82) is 0 Å². The van der Waals surface area contributed by atoms with E-state index in [0.29, 0.717) is 27.7 Å². The van der Waals surface area contributed by atoms with Crippen LogP contribution < -0.4 is 10.3 Å². The fraction of sp³-hybridized carbons (Fsp3) is 0.200. The molecule has 0 radical (unpaired) electrons. The van der Waals surface area contributed by atoms with Crippen LogP contribution in [0.5, 0.6) is 5.75 Å². The first kappa shape index (κ1) is 19.6. The van der Waals surface area contributed by atoms with Gasteiger partial charge in [0.05, 0.1) is 12.7 Å². The Kier molecular flexibility index (Phi) is 5.12. The summed E-state index contributed by atoms with van der Waals surface area (Å²) in [6.07, 6.45) is 6.56. The maximum Gasteiger partial charge on any atom is 0.283 e. The molecule has 1 aliphatic rings. The molecule has 0 fully saturated rings. The van der Waals surface area contributed by atoms with Crippen LogP contribution in [0.25, 0.3) is 33.6 Å². The maximum atomic E-state index is 13.5. The number of H-pyrrole nitrogens is 1. The van der Waals surface area contributed by atoms with Gasteiger partial charge in [0.2, 0.25) is 0 Å². The quantitative estimate of drug-likeness (QED) is 0.404. The number of aromatic amines is 1. The zero-order valence-electron chi connectivity index (χ0n) is 17.2.